The van der Waals surface area contributed by atoms with Crippen molar-refractivity contribution in [3.8, 4) is 17.0 Å². The Hall–Kier alpha value is -2.06. The van der Waals surface area contributed by atoms with Gasteiger partial charge in [-0.25, -0.2) is 4.98 Å². The van der Waals surface area contributed by atoms with Crippen molar-refractivity contribution in [1.29, 1.82) is 0 Å². The minimum absolute atomic E-state index is 0.252. The molecule has 0 aliphatic carbocycles. The predicted octanol–water partition coefficient (Wildman–Crippen LogP) is 4.26. The molecule has 0 aliphatic heterocycles. The minimum atomic E-state index is 0.252. The normalized spacial score (nSPS) is 10.7. The van der Waals surface area contributed by atoms with Gasteiger partial charge in [-0.15, -0.1) is 0 Å². The van der Waals surface area contributed by atoms with Crippen molar-refractivity contribution in [2.75, 3.05) is 0 Å². The molecule has 0 saturated carbocycles. The molecule has 2 nitrogen and oxygen atoms in total. The molecule has 18 heavy (non-hydrogen) atoms. The first-order chi connectivity index (χ1) is 8.72. The van der Waals surface area contributed by atoms with Crippen LogP contribution in [-0.2, 0) is 0 Å². The van der Waals surface area contributed by atoms with Crippen molar-refractivity contribution >= 4 is 22.5 Å². The molecule has 1 N–H and O–H groups in total. The van der Waals surface area contributed by atoms with E-state index in [1.165, 1.54) is 0 Å². The van der Waals surface area contributed by atoms with Crippen LogP contribution in [0.4, 0.5) is 0 Å². The van der Waals surface area contributed by atoms with Gasteiger partial charge in [0.25, 0.3) is 0 Å². The van der Waals surface area contributed by atoms with Crippen LogP contribution in [0.25, 0.3) is 22.2 Å². The first-order valence-electron chi connectivity index (χ1n) is 5.58. The Balaban J connectivity index is 2.15. The maximum absolute atomic E-state index is 9.27. The highest BCUT2D eigenvalue weighted by Crippen LogP contribution is 2.24. The summed E-state index contributed by atoms with van der Waals surface area (Å²) >= 11 is 5.96. The van der Waals surface area contributed by atoms with Gasteiger partial charge in [0.05, 0.1) is 11.2 Å². The number of nitrogens with zero attached hydrogens (tertiary/aromatic N) is 1. The average Bonchev–Trinajstić information content (AvgIpc) is 2.38. The van der Waals surface area contributed by atoms with E-state index in [0.29, 0.717) is 5.02 Å². The molecular weight excluding hydrogens is 246 g/mol. The smallest absolute Gasteiger partial charge is 0.115 e. The maximum Gasteiger partial charge on any atom is 0.115 e. The quantitative estimate of drug-likeness (QED) is 0.705. The van der Waals surface area contributed by atoms with Gasteiger partial charge in [0.15, 0.2) is 0 Å². The van der Waals surface area contributed by atoms with Crippen molar-refractivity contribution in [3.63, 3.8) is 0 Å². The topological polar surface area (TPSA) is 33.1 Å². The lowest BCUT2D eigenvalue weighted by Gasteiger charge is -2.04. The van der Waals surface area contributed by atoms with Gasteiger partial charge in [-0.05, 0) is 42.5 Å². The molecule has 0 radical (unpaired) electrons. The van der Waals surface area contributed by atoms with Gasteiger partial charge in [-0.2, -0.15) is 0 Å². The van der Waals surface area contributed by atoms with Crippen LogP contribution in [-0.4, -0.2) is 10.1 Å². The molecule has 0 spiro atoms. The molecule has 3 heteroatoms. The van der Waals surface area contributed by atoms with E-state index in [0.717, 1.165) is 22.2 Å². The molecule has 3 rings (SSSR count). The van der Waals surface area contributed by atoms with Crippen LogP contribution in [0, 0.1) is 0 Å². The van der Waals surface area contributed by atoms with Crippen molar-refractivity contribution in [3.05, 3.63) is 59.6 Å². The fourth-order valence-electron chi connectivity index (χ4n) is 1.88. The zero-order valence-electron chi connectivity index (χ0n) is 9.47. The van der Waals surface area contributed by atoms with Crippen molar-refractivity contribution in [2.45, 2.75) is 0 Å². The number of fused-ring (bicyclic) bond motifs is 1. The van der Waals surface area contributed by atoms with Crippen LogP contribution >= 0.6 is 11.6 Å². The fourth-order valence-corrected chi connectivity index (χ4v) is 2.05. The molecule has 0 fully saturated rings. The maximum atomic E-state index is 9.27. The van der Waals surface area contributed by atoms with E-state index in [2.05, 4.69) is 4.98 Å². The summed E-state index contributed by atoms with van der Waals surface area (Å²) in [6.45, 7) is 0. The molecule has 88 valence electrons. The number of hydrogen-bond donors (Lipinski definition) is 1. The first kappa shape index (κ1) is 11.1. The minimum Gasteiger partial charge on any atom is -0.508 e. The number of benzene rings is 2. The van der Waals surface area contributed by atoms with Crippen molar-refractivity contribution in [1.82, 2.24) is 4.98 Å². The standard InChI is InChI=1S/C15H10ClNO/c16-12-5-1-11-4-8-14(17-15(11)9-12)10-2-6-13(18)7-3-10/h1-9,18H. The summed E-state index contributed by atoms with van der Waals surface area (Å²) in [5.41, 5.74) is 2.70. The number of halogens is 1. The SMILES string of the molecule is Oc1ccc(-c2ccc3ccc(Cl)cc3n2)cc1. The lowest BCUT2D eigenvalue weighted by atomic mass is 10.1. The highest BCUT2D eigenvalue weighted by atomic mass is 35.5. The predicted molar refractivity (Wildman–Crippen MR) is 73.9 cm³/mol. The third-order valence-electron chi connectivity index (χ3n) is 2.82. The number of rotatable bonds is 1. The van der Waals surface area contributed by atoms with Gasteiger partial charge < -0.3 is 5.11 Å². The van der Waals surface area contributed by atoms with E-state index < -0.39 is 0 Å². The highest BCUT2D eigenvalue weighted by Gasteiger charge is 2.02. The molecule has 0 saturated heterocycles. The van der Waals surface area contributed by atoms with Gasteiger partial charge in [0.1, 0.15) is 5.75 Å². The van der Waals surface area contributed by atoms with Crippen molar-refractivity contribution < 1.29 is 5.11 Å². The number of pyridine rings is 1. The third-order valence-corrected chi connectivity index (χ3v) is 3.05. The molecule has 1 heterocycles. The monoisotopic (exact) mass is 255 g/mol. The van der Waals surface area contributed by atoms with Gasteiger partial charge in [0, 0.05) is 16.0 Å². The summed E-state index contributed by atoms with van der Waals surface area (Å²) in [6.07, 6.45) is 0. The Kier molecular flexibility index (Phi) is 2.65. The van der Waals surface area contributed by atoms with Gasteiger partial charge >= 0.3 is 0 Å². The van der Waals surface area contributed by atoms with Gasteiger partial charge in [-0.3, -0.25) is 0 Å². The number of aromatic nitrogens is 1. The lowest BCUT2D eigenvalue weighted by molar-refractivity contribution is 0.475. The zero-order chi connectivity index (χ0) is 12.5. The number of hydrogen-bond acceptors (Lipinski definition) is 2. The van der Waals surface area contributed by atoms with E-state index in [1.807, 2.05) is 42.5 Å². The second-order valence-electron chi connectivity index (χ2n) is 4.08. The number of phenols is 1. The summed E-state index contributed by atoms with van der Waals surface area (Å²) in [4.78, 5) is 4.57. The van der Waals surface area contributed by atoms with Gasteiger partial charge in [0.2, 0.25) is 0 Å². The molecule has 1 aromatic heterocycles. The second-order valence-corrected chi connectivity index (χ2v) is 4.52. The number of aromatic hydroxyl groups is 1. The molecule has 0 aliphatic rings. The van der Waals surface area contributed by atoms with Crippen LogP contribution in [0.5, 0.6) is 5.75 Å². The van der Waals surface area contributed by atoms with Gasteiger partial charge in [-0.1, -0.05) is 23.7 Å². The molecule has 0 atom stereocenters. The van der Waals surface area contributed by atoms with Crippen molar-refractivity contribution in [2.24, 2.45) is 0 Å². The summed E-state index contributed by atoms with van der Waals surface area (Å²) in [5.74, 6) is 0.252. The number of phenolic OH excluding ortho intramolecular Hbond substituents is 1. The van der Waals surface area contributed by atoms with Crippen LogP contribution in [0.15, 0.2) is 54.6 Å². The molecular formula is C15H10ClNO. The largest absolute Gasteiger partial charge is 0.508 e. The fraction of sp³-hybridized carbons (Fsp3) is 0. The van der Waals surface area contributed by atoms with E-state index in [-0.39, 0.29) is 5.75 Å². The van der Waals surface area contributed by atoms with Crippen LogP contribution in [0.2, 0.25) is 5.02 Å². The van der Waals surface area contributed by atoms with E-state index in [4.69, 9.17) is 11.6 Å². The molecule has 3 aromatic rings. The summed E-state index contributed by atoms with van der Waals surface area (Å²) in [7, 11) is 0. The molecule has 0 amide bonds. The third kappa shape index (κ3) is 2.03. The molecule has 0 bridgehead atoms. The Morgan fingerprint density at radius 1 is 0.889 bits per heavy atom. The second kappa shape index (κ2) is 4.31. The molecule has 2 aromatic carbocycles. The summed E-state index contributed by atoms with van der Waals surface area (Å²) < 4.78 is 0. The summed E-state index contributed by atoms with van der Waals surface area (Å²) in [5, 5.41) is 11.0. The van der Waals surface area contributed by atoms with Crippen LogP contribution in [0.3, 0.4) is 0 Å². The Morgan fingerprint density at radius 3 is 2.39 bits per heavy atom. The Bertz CT molecular complexity index is 707. The summed E-state index contributed by atoms with van der Waals surface area (Å²) in [6, 6.07) is 16.6. The molecule has 0 unspecified atom stereocenters. The van der Waals surface area contributed by atoms with E-state index >= 15 is 0 Å². The van der Waals surface area contributed by atoms with E-state index in [9.17, 15) is 5.11 Å². The van der Waals surface area contributed by atoms with Crippen LogP contribution < -0.4 is 0 Å². The Morgan fingerprint density at radius 2 is 1.61 bits per heavy atom. The first-order valence-corrected chi connectivity index (χ1v) is 5.96. The average molecular weight is 256 g/mol. The lowest BCUT2D eigenvalue weighted by Crippen LogP contribution is -1.85. The zero-order valence-corrected chi connectivity index (χ0v) is 10.2. The highest BCUT2D eigenvalue weighted by molar-refractivity contribution is 6.31. The Labute approximate surface area is 109 Å². The van der Waals surface area contributed by atoms with Crippen LogP contribution in [0.1, 0.15) is 0 Å². The van der Waals surface area contributed by atoms with E-state index in [1.54, 1.807) is 12.1 Å².